The fraction of sp³-hybridized carbons (Fsp3) is 0.278. The van der Waals surface area contributed by atoms with Crippen molar-refractivity contribution >= 4 is 16.9 Å². The zero-order valence-corrected chi connectivity index (χ0v) is 12.6. The molecule has 2 aromatic heterocycles. The molecule has 0 radical (unpaired) electrons. The molecule has 0 amide bonds. The van der Waals surface area contributed by atoms with E-state index in [0.29, 0.717) is 6.54 Å². The molecule has 1 atom stereocenters. The summed E-state index contributed by atoms with van der Waals surface area (Å²) in [6.07, 6.45) is 2.62. The van der Waals surface area contributed by atoms with Crippen molar-refractivity contribution in [3.8, 4) is 0 Å². The van der Waals surface area contributed by atoms with E-state index < -0.39 is 5.60 Å². The Kier molecular flexibility index (Phi) is 2.94. The van der Waals surface area contributed by atoms with Crippen LogP contribution in [0.1, 0.15) is 17.5 Å². The molecule has 3 heterocycles. The highest BCUT2D eigenvalue weighted by Crippen LogP contribution is 2.35. The number of aliphatic hydroxyl groups is 1. The number of pyridine rings is 1. The number of benzene rings is 1. The van der Waals surface area contributed by atoms with Crippen molar-refractivity contribution in [2.45, 2.75) is 18.9 Å². The minimum absolute atomic E-state index is 0.580. The highest BCUT2D eigenvalue weighted by atomic mass is 16.3. The summed E-state index contributed by atoms with van der Waals surface area (Å²) in [6.45, 7) is 3.44. The van der Waals surface area contributed by atoms with E-state index in [1.165, 1.54) is 0 Å². The summed E-state index contributed by atoms with van der Waals surface area (Å²) >= 11 is 0. The van der Waals surface area contributed by atoms with Crippen LogP contribution in [-0.4, -0.2) is 28.2 Å². The van der Waals surface area contributed by atoms with Gasteiger partial charge in [-0.15, -0.1) is 0 Å². The van der Waals surface area contributed by atoms with Gasteiger partial charge in [-0.1, -0.05) is 24.3 Å². The van der Waals surface area contributed by atoms with Crippen LogP contribution in [0.4, 0.5) is 5.82 Å². The molecular weight excluding hydrogens is 274 g/mol. The van der Waals surface area contributed by atoms with Gasteiger partial charge in [-0.25, -0.2) is 4.98 Å². The average Bonchev–Trinajstić information content (AvgIpc) is 3.14. The SMILES string of the molecule is Cc1ccccc1[C@@]1(O)CCN(c2ccc3cc[nH]c3n2)C1. The van der Waals surface area contributed by atoms with Crippen LogP contribution in [0.5, 0.6) is 0 Å². The standard InChI is InChI=1S/C18H19N3O/c1-13-4-2-3-5-15(13)18(22)9-11-21(12-18)16-7-6-14-8-10-19-17(14)20-16/h2-8,10,22H,9,11-12H2,1H3,(H,19,20)/t18-/m1/s1. The van der Waals surface area contributed by atoms with Gasteiger partial charge in [-0.3, -0.25) is 0 Å². The predicted octanol–water partition coefficient (Wildman–Crippen LogP) is 2.97. The number of aryl methyl sites for hydroxylation is 1. The van der Waals surface area contributed by atoms with Crippen molar-refractivity contribution in [1.82, 2.24) is 9.97 Å². The lowest BCUT2D eigenvalue weighted by atomic mass is 9.89. The van der Waals surface area contributed by atoms with Crippen LogP contribution in [0.15, 0.2) is 48.7 Å². The van der Waals surface area contributed by atoms with Crippen molar-refractivity contribution < 1.29 is 5.11 Å². The minimum atomic E-state index is -0.794. The number of aromatic nitrogens is 2. The number of β-amino-alcohol motifs (C(OH)–C–C–N with tert-alkyl or cyclic N) is 1. The summed E-state index contributed by atoms with van der Waals surface area (Å²) in [5.41, 5.74) is 2.26. The fourth-order valence-electron chi connectivity index (χ4n) is 3.40. The average molecular weight is 293 g/mol. The summed E-state index contributed by atoms with van der Waals surface area (Å²) in [5, 5.41) is 12.2. The van der Waals surface area contributed by atoms with E-state index in [0.717, 1.165) is 40.9 Å². The van der Waals surface area contributed by atoms with Crippen molar-refractivity contribution in [2.24, 2.45) is 0 Å². The first-order chi connectivity index (χ1) is 10.7. The second-order valence-corrected chi connectivity index (χ2v) is 6.10. The van der Waals surface area contributed by atoms with Crippen LogP contribution < -0.4 is 4.90 Å². The summed E-state index contributed by atoms with van der Waals surface area (Å²) in [7, 11) is 0. The van der Waals surface area contributed by atoms with E-state index in [1.807, 2.05) is 36.5 Å². The lowest BCUT2D eigenvalue weighted by Gasteiger charge is -2.26. The molecule has 1 aliphatic rings. The fourth-order valence-corrected chi connectivity index (χ4v) is 3.40. The normalized spacial score (nSPS) is 21.6. The number of hydrogen-bond acceptors (Lipinski definition) is 3. The van der Waals surface area contributed by atoms with Crippen molar-refractivity contribution in [2.75, 3.05) is 18.0 Å². The monoisotopic (exact) mass is 293 g/mol. The smallest absolute Gasteiger partial charge is 0.139 e. The van der Waals surface area contributed by atoms with Crippen LogP contribution >= 0.6 is 0 Å². The zero-order valence-electron chi connectivity index (χ0n) is 12.6. The van der Waals surface area contributed by atoms with Crippen LogP contribution in [-0.2, 0) is 5.60 Å². The topological polar surface area (TPSA) is 52.1 Å². The van der Waals surface area contributed by atoms with E-state index in [4.69, 9.17) is 0 Å². The second kappa shape index (κ2) is 4.85. The first-order valence-corrected chi connectivity index (χ1v) is 7.63. The summed E-state index contributed by atoms with van der Waals surface area (Å²) in [5.74, 6) is 0.916. The lowest BCUT2D eigenvalue weighted by molar-refractivity contribution is 0.0600. The largest absolute Gasteiger partial charge is 0.383 e. The van der Waals surface area contributed by atoms with Crippen LogP contribution in [0, 0.1) is 6.92 Å². The number of nitrogens with one attached hydrogen (secondary N) is 1. The lowest BCUT2D eigenvalue weighted by Crippen LogP contribution is -2.31. The summed E-state index contributed by atoms with van der Waals surface area (Å²) in [6, 6.07) is 14.2. The van der Waals surface area contributed by atoms with E-state index in [1.54, 1.807) is 0 Å². The molecule has 4 rings (SSSR count). The molecule has 1 saturated heterocycles. The van der Waals surface area contributed by atoms with Crippen molar-refractivity contribution in [1.29, 1.82) is 0 Å². The Balaban J connectivity index is 1.65. The molecule has 22 heavy (non-hydrogen) atoms. The highest BCUT2D eigenvalue weighted by molar-refractivity contribution is 5.77. The Hall–Kier alpha value is -2.33. The van der Waals surface area contributed by atoms with Gasteiger partial charge in [0.25, 0.3) is 0 Å². The van der Waals surface area contributed by atoms with Gasteiger partial charge in [0.05, 0.1) is 6.54 Å². The number of fused-ring (bicyclic) bond motifs is 1. The molecule has 4 heteroatoms. The van der Waals surface area contributed by atoms with Gasteiger partial charge in [0, 0.05) is 18.1 Å². The van der Waals surface area contributed by atoms with Crippen LogP contribution in [0.2, 0.25) is 0 Å². The number of hydrogen-bond donors (Lipinski definition) is 2. The third kappa shape index (κ3) is 2.07. The maximum atomic E-state index is 11.1. The Labute approximate surface area is 129 Å². The van der Waals surface area contributed by atoms with Crippen LogP contribution in [0.3, 0.4) is 0 Å². The molecule has 0 saturated carbocycles. The molecule has 4 nitrogen and oxygen atoms in total. The molecule has 0 aliphatic carbocycles. The Morgan fingerprint density at radius 1 is 1.18 bits per heavy atom. The molecule has 1 fully saturated rings. The minimum Gasteiger partial charge on any atom is -0.383 e. The quantitative estimate of drug-likeness (QED) is 0.764. The third-order valence-corrected chi connectivity index (χ3v) is 4.61. The molecule has 0 spiro atoms. The molecule has 112 valence electrons. The maximum Gasteiger partial charge on any atom is 0.139 e. The Bertz CT molecular complexity index is 826. The second-order valence-electron chi connectivity index (χ2n) is 6.10. The van der Waals surface area contributed by atoms with Gasteiger partial charge in [0.2, 0.25) is 0 Å². The van der Waals surface area contributed by atoms with Crippen LogP contribution in [0.25, 0.3) is 11.0 Å². The summed E-state index contributed by atoms with van der Waals surface area (Å²) in [4.78, 5) is 9.96. The van der Waals surface area contributed by atoms with Gasteiger partial charge in [0.15, 0.2) is 0 Å². The maximum absolute atomic E-state index is 11.1. The molecule has 2 N–H and O–H groups in total. The molecule has 0 unspecified atom stereocenters. The predicted molar refractivity (Wildman–Crippen MR) is 88.0 cm³/mol. The first-order valence-electron chi connectivity index (χ1n) is 7.63. The van der Waals surface area contributed by atoms with E-state index in [2.05, 4.69) is 33.9 Å². The van der Waals surface area contributed by atoms with Crippen molar-refractivity contribution in [3.63, 3.8) is 0 Å². The molecule has 1 aromatic carbocycles. The van der Waals surface area contributed by atoms with E-state index in [-0.39, 0.29) is 0 Å². The number of anilines is 1. The zero-order chi connectivity index (χ0) is 15.2. The number of rotatable bonds is 2. The number of nitrogens with zero attached hydrogens (tertiary/aromatic N) is 2. The summed E-state index contributed by atoms with van der Waals surface area (Å²) < 4.78 is 0. The third-order valence-electron chi connectivity index (χ3n) is 4.61. The Morgan fingerprint density at radius 3 is 2.91 bits per heavy atom. The number of aromatic amines is 1. The number of H-pyrrole nitrogens is 1. The van der Waals surface area contributed by atoms with Crippen molar-refractivity contribution in [3.05, 3.63) is 59.8 Å². The first kappa shape index (κ1) is 13.3. The highest BCUT2D eigenvalue weighted by Gasteiger charge is 2.39. The van der Waals surface area contributed by atoms with Gasteiger partial charge < -0.3 is 15.0 Å². The molecule has 0 bridgehead atoms. The van der Waals surface area contributed by atoms with Gasteiger partial charge in [-0.2, -0.15) is 0 Å². The van der Waals surface area contributed by atoms with E-state index >= 15 is 0 Å². The Morgan fingerprint density at radius 2 is 2.05 bits per heavy atom. The molecular formula is C18H19N3O. The molecule has 1 aliphatic heterocycles. The van der Waals surface area contributed by atoms with E-state index in [9.17, 15) is 5.11 Å². The molecule has 3 aromatic rings. The van der Waals surface area contributed by atoms with Gasteiger partial charge in [0.1, 0.15) is 17.1 Å². The van der Waals surface area contributed by atoms with Gasteiger partial charge in [-0.05, 0) is 42.7 Å². The van der Waals surface area contributed by atoms with Gasteiger partial charge >= 0.3 is 0 Å².